The molecule has 0 bridgehead atoms. The van der Waals surface area contributed by atoms with Gasteiger partial charge in [0.25, 0.3) is 0 Å². The fourth-order valence-corrected chi connectivity index (χ4v) is 2.65. The zero-order valence-corrected chi connectivity index (χ0v) is 17.9. The zero-order chi connectivity index (χ0) is 22.6. The topological polar surface area (TPSA) is 106 Å². The molecule has 1 unspecified atom stereocenters. The third-order valence-corrected chi connectivity index (χ3v) is 4.21. The fourth-order valence-electron chi connectivity index (χ4n) is 2.65. The Morgan fingerprint density at radius 1 is 1.03 bits per heavy atom. The van der Waals surface area contributed by atoms with Crippen molar-refractivity contribution in [1.82, 2.24) is 5.43 Å². The van der Waals surface area contributed by atoms with Crippen molar-refractivity contribution in [3.05, 3.63) is 59.7 Å². The number of aryl methyl sites for hydroxylation is 1. The Morgan fingerprint density at radius 2 is 1.74 bits per heavy atom. The molecule has 0 aromatic heterocycles. The zero-order valence-electron chi connectivity index (χ0n) is 17.9. The Balaban J connectivity index is 1.80. The number of esters is 1. The van der Waals surface area contributed by atoms with Gasteiger partial charge in [-0.05, 0) is 61.7 Å². The lowest BCUT2D eigenvalue weighted by molar-refractivity contribution is -0.150. The number of rotatable bonds is 10. The van der Waals surface area contributed by atoms with Crippen molar-refractivity contribution in [2.45, 2.75) is 39.7 Å². The highest BCUT2D eigenvalue weighted by molar-refractivity contribution is 6.04. The maximum absolute atomic E-state index is 12.1. The monoisotopic (exact) mass is 425 g/mol. The van der Waals surface area contributed by atoms with Crippen LogP contribution in [0, 0.1) is 0 Å². The first kappa shape index (κ1) is 23.6. The van der Waals surface area contributed by atoms with E-state index >= 15 is 0 Å². The average Bonchev–Trinajstić information content (AvgIpc) is 2.75. The number of carbonyl (C=O) groups is 3. The van der Waals surface area contributed by atoms with Gasteiger partial charge in [-0.15, -0.1) is 0 Å². The largest absolute Gasteiger partial charge is 0.479 e. The van der Waals surface area contributed by atoms with Gasteiger partial charge in [0.05, 0.1) is 12.8 Å². The van der Waals surface area contributed by atoms with Gasteiger partial charge in [0.15, 0.2) is 6.10 Å². The van der Waals surface area contributed by atoms with Gasteiger partial charge in [-0.3, -0.25) is 9.59 Å². The van der Waals surface area contributed by atoms with Crippen LogP contribution in [0.3, 0.4) is 0 Å². The fraction of sp³-hybridized carbons (Fsp3) is 0.304. The first-order valence-electron chi connectivity index (χ1n) is 10.1. The van der Waals surface area contributed by atoms with Crippen LogP contribution in [0.15, 0.2) is 53.6 Å². The molecule has 0 saturated heterocycles. The molecule has 2 N–H and O–H groups in total. The summed E-state index contributed by atoms with van der Waals surface area (Å²) in [6.07, 6.45) is 1.17. The molecule has 8 heteroatoms. The van der Waals surface area contributed by atoms with Gasteiger partial charge < -0.3 is 14.8 Å². The summed E-state index contributed by atoms with van der Waals surface area (Å²) < 4.78 is 10.4. The first-order valence-corrected chi connectivity index (χ1v) is 10.1. The van der Waals surface area contributed by atoms with Crippen LogP contribution < -0.4 is 15.5 Å². The highest BCUT2D eigenvalue weighted by Crippen LogP contribution is 2.16. The summed E-state index contributed by atoms with van der Waals surface area (Å²) in [5.74, 6) is -0.861. The van der Waals surface area contributed by atoms with Gasteiger partial charge >= 0.3 is 5.97 Å². The lowest BCUT2D eigenvalue weighted by atomic mass is 10.1. The maximum Gasteiger partial charge on any atom is 0.347 e. The summed E-state index contributed by atoms with van der Waals surface area (Å²) in [6.45, 7) is 5.63. The molecule has 8 nitrogen and oxygen atoms in total. The number of ether oxygens (including phenoxy) is 2. The molecule has 2 amide bonds. The Bertz CT molecular complexity index is 925. The summed E-state index contributed by atoms with van der Waals surface area (Å²) in [7, 11) is 0. The number of hydrogen-bond donors (Lipinski definition) is 2. The van der Waals surface area contributed by atoms with E-state index in [0.29, 0.717) is 23.6 Å². The number of nitrogens with zero attached hydrogens (tertiary/aromatic N) is 1. The van der Waals surface area contributed by atoms with Crippen LogP contribution in [0.5, 0.6) is 5.75 Å². The van der Waals surface area contributed by atoms with Crippen LogP contribution in [0.25, 0.3) is 0 Å². The Hall–Kier alpha value is -3.68. The molecular formula is C23H27N3O5. The predicted molar refractivity (Wildman–Crippen MR) is 118 cm³/mol. The van der Waals surface area contributed by atoms with Crippen molar-refractivity contribution in [1.29, 1.82) is 0 Å². The number of amides is 2. The van der Waals surface area contributed by atoms with Crippen LogP contribution in [0.2, 0.25) is 0 Å². The Kier molecular flexibility index (Phi) is 9.22. The second-order valence-corrected chi connectivity index (χ2v) is 6.61. The summed E-state index contributed by atoms with van der Waals surface area (Å²) in [5.41, 5.74) is 4.73. The van der Waals surface area contributed by atoms with E-state index < -0.39 is 23.9 Å². The standard InChI is InChI=1S/C23H27N3O5/c1-4-18-8-6-7-9-20(18)25-21(27)14-22(28)26-24-15-17-10-12-19(13-11-17)31-16(3)23(29)30-5-2/h6-13,15-16H,4-5,14H2,1-3H3,(H,25,27)(H,26,28). The molecule has 2 aromatic rings. The number of carbonyl (C=O) groups excluding carboxylic acids is 3. The van der Waals surface area contributed by atoms with Crippen molar-refractivity contribution in [2.24, 2.45) is 5.10 Å². The van der Waals surface area contributed by atoms with Gasteiger partial charge in [-0.2, -0.15) is 5.10 Å². The van der Waals surface area contributed by atoms with E-state index in [0.717, 1.165) is 12.0 Å². The molecule has 2 aromatic carbocycles. The number of hydrazone groups is 1. The lowest BCUT2D eigenvalue weighted by Gasteiger charge is -2.13. The smallest absolute Gasteiger partial charge is 0.347 e. The maximum atomic E-state index is 12.1. The molecule has 2 rings (SSSR count). The van der Waals surface area contributed by atoms with Crippen LogP contribution in [0.4, 0.5) is 5.69 Å². The average molecular weight is 425 g/mol. The van der Waals surface area contributed by atoms with Gasteiger partial charge in [-0.1, -0.05) is 25.1 Å². The molecule has 0 aliphatic rings. The van der Waals surface area contributed by atoms with Crippen molar-refractivity contribution in [3.8, 4) is 5.75 Å². The van der Waals surface area contributed by atoms with E-state index in [2.05, 4.69) is 15.8 Å². The second kappa shape index (κ2) is 12.1. The van der Waals surface area contributed by atoms with E-state index in [4.69, 9.17) is 9.47 Å². The van der Waals surface area contributed by atoms with Crippen molar-refractivity contribution in [2.75, 3.05) is 11.9 Å². The highest BCUT2D eigenvalue weighted by Gasteiger charge is 2.15. The molecule has 0 saturated carbocycles. The van der Waals surface area contributed by atoms with E-state index in [1.165, 1.54) is 6.21 Å². The quantitative estimate of drug-likeness (QED) is 0.263. The molecule has 0 radical (unpaired) electrons. The predicted octanol–water partition coefficient (Wildman–Crippen LogP) is 3.06. The Morgan fingerprint density at radius 3 is 2.42 bits per heavy atom. The Labute approximate surface area is 181 Å². The molecule has 31 heavy (non-hydrogen) atoms. The number of para-hydroxylation sites is 1. The number of anilines is 1. The van der Waals surface area contributed by atoms with Gasteiger partial charge in [0.1, 0.15) is 12.2 Å². The molecule has 1 atom stereocenters. The van der Waals surface area contributed by atoms with Crippen molar-refractivity contribution in [3.63, 3.8) is 0 Å². The van der Waals surface area contributed by atoms with Crippen molar-refractivity contribution < 1.29 is 23.9 Å². The molecule has 0 aliphatic carbocycles. The van der Waals surface area contributed by atoms with E-state index in [1.807, 2.05) is 25.1 Å². The molecule has 0 spiro atoms. The number of hydrogen-bond acceptors (Lipinski definition) is 6. The van der Waals surface area contributed by atoms with Gasteiger partial charge in [0.2, 0.25) is 11.8 Å². The summed E-state index contributed by atoms with van der Waals surface area (Å²) in [4.78, 5) is 35.6. The van der Waals surface area contributed by atoms with E-state index in [1.54, 1.807) is 44.2 Å². The third kappa shape index (κ3) is 7.93. The van der Waals surface area contributed by atoms with Gasteiger partial charge in [0, 0.05) is 5.69 Å². The minimum absolute atomic E-state index is 0.293. The van der Waals surface area contributed by atoms with E-state index in [9.17, 15) is 14.4 Å². The summed E-state index contributed by atoms with van der Waals surface area (Å²) >= 11 is 0. The SMILES string of the molecule is CCOC(=O)C(C)Oc1ccc(C=NNC(=O)CC(=O)Nc2ccccc2CC)cc1. The lowest BCUT2D eigenvalue weighted by Crippen LogP contribution is -2.26. The normalized spacial score (nSPS) is 11.6. The van der Waals surface area contributed by atoms with Crippen LogP contribution in [-0.4, -0.2) is 36.7 Å². The van der Waals surface area contributed by atoms with Crippen molar-refractivity contribution >= 4 is 29.7 Å². The summed E-state index contributed by atoms with van der Waals surface area (Å²) in [5, 5.41) is 6.60. The second-order valence-electron chi connectivity index (χ2n) is 6.61. The van der Waals surface area contributed by atoms with Crippen LogP contribution in [-0.2, 0) is 25.5 Å². The first-order chi connectivity index (χ1) is 14.9. The third-order valence-electron chi connectivity index (χ3n) is 4.21. The minimum atomic E-state index is -0.714. The van der Waals surface area contributed by atoms with E-state index in [-0.39, 0.29) is 6.42 Å². The molecule has 0 heterocycles. The molecular weight excluding hydrogens is 398 g/mol. The minimum Gasteiger partial charge on any atom is -0.479 e. The molecule has 164 valence electrons. The summed E-state index contributed by atoms with van der Waals surface area (Å²) in [6, 6.07) is 14.2. The number of nitrogens with one attached hydrogen (secondary N) is 2. The highest BCUT2D eigenvalue weighted by atomic mass is 16.6. The molecule has 0 fully saturated rings. The van der Waals surface area contributed by atoms with Crippen LogP contribution >= 0.6 is 0 Å². The number of benzene rings is 2. The van der Waals surface area contributed by atoms with Crippen LogP contribution in [0.1, 0.15) is 38.3 Å². The molecule has 0 aliphatic heterocycles. The van der Waals surface area contributed by atoms with Gasteiger partial charge in [-0.25, -0.2) is 10.2 Å².